The van der Waals surface area contributed by atoms with E-state index in [-0.39, 0.29) is 29.0 Å². The highest BCUT2D eigenvalue weighted by Gasteiger charge is 2.49. The molecule has 3 aliphatic carbocycles. The van der Waals surface area contributed by atoms with Gasteiger partial charge in [0.05, 0.1) is 17.0 Å². The van der Waals surface area contributed by atoms with Crippen molar-refractivity contribution >= 4 is 5.78 Å². The van der Waals surface area contributed by atoms with E-state index in [4.69, 9.17) is 9.97 Å². The SMILES string of the molecule is CC1C(=O)C(C#N)=C[C@@]2(C)c3nc(-c4ccc(C5CC5)nc4)nc(-c4ccccc4F)c3CCC12. The largest absolute Gasteiger partial charge is 0.293 e. The molecule has 3 aromatic rings. The van der Waals surface area contributed by atoms with E-state index in [0.717, 1.165) is 28.9 Å². The number of nitriles is 1. The van der Waals surface area contributed by atoms with Crippen LogP contribution in [0.2, 0.25) is 0 Å². The van der Waals surface area contributed by atoms with Crippen molar-refractivity contribution < 1.29 is 9.18 Å². The second-order valence-electron chi connectivity index (χ2n) is 10.2. The Kier molecular flexibility index (Phi) is 4.93. The molecule has 6 heteroatoms. The van der Waals surface area contributed by atoms with Crippen LogP contribution in [0.25, 0.3) is 22.6 Å². The van der Waals surface area contributed by atoms with Gasteiger partial charge in [0, 0.05) is 45.8 Å². The monoisotopic (exact) mass is 464 g/mol. The molecule has 0 aliphatic heterocycles. The molecule has 0 bridgehead atoms. The van der Waals surface area contributed by atoms with Crippen molar-refractivity contribution in [2.24, 2.45) is 11.8 Å². The number of halogens is 1. The average Bonchev–Trinajstić information content (AvgIpc) is 3.72. The maximum Gasteiger partial charge on any atom is 0.176 e. The van der Waals surface area contributed by atoms with Crippen LogP contribution in [0.15, 0.2) is 54.2 Å². The third-order valence-electron chi connectivity index (χ3n) is 8.01. The number of carbonyl (C=O) groups excluding carboxylic acids is 1. The number of rotatable bonds is 3. The van der Waals surface area contributed by atoms with Gasteiger partial charge in [-0.05, 0) is 55.9 Å². The van der Waals surface area contributed by atoms with Crippen LogP contribution >= 0.6 is 0 Å². The van der Waals surface area contributed by atoms with Crippen molar-refractivity contribution in [3.63, 3.8) is 0 Å². The molecule has 3 atom stereocenters. The van der Waals surface area contributed by atoms with Gasteiger partial charge in [0.1, 0.15) is 11.9 Å². The normalized spacial score (nSPS) is 25.3. The van der Waals surface area contributed by atoms with Gasteiger partial charge in [-0.25, -0.2) is 14.4 Å². The standard InChI is InChI=1S/C29H25FN4O/c1-16-22-11-10-21-25(20-5-3-4-6-23(20)30)33-28(18-9-12-24(32-15-18)17-7-8-17)34-27(21)29(22,2)13-19(14-31)26(16)35/h3-6,9,12-13,15-17,22H,7-8,10-11H2,1-2H3/t16?,22?,29-/m1/s1. The molecule has 2 heterocycles. The summed E-state index contributed by atoms with van der Waals surface area (Å²) in [5, 5.41) is 9.68. The minimum Gasteiger partial charge on any atom is -0.293 e. The van der Waals surface area contributed by atoms with E-state index < -0.39 is 5.41 Å². The van der Waals surface area contributed by atoms with Crippen molar-refractivity contribution in [1.29, 1.82) is 5.26 Å². The van der Waals surface area contributed by atoms with Gasteiger partial charge in [-0.1, -0.05) is 32.1 Å². The van der Waals surface area contributed by atoms with Crippen molar-refractivity contribution in [1.82, 2.24) is 15.0 Å². The topological polar surface area (TPSA) is 79.5 Å². The Bertz CT molecular complexity index is 1430. The number of hydrogen-bond acceptors (Lipinski definition) is 5. The predicted molar refractivity (Wildman–Crippen MR) is 130 cm³/mol. The van der Waals surface area contributed by atoms with Crippen LogP contribution in [-0.2, 0) is 16.6 Å². The molecule has 35 heavy (non-hydrogen) atoms. The smallest absolute Gasteiger partial charge is 0.176 e. The van der Waals surface area contributed by atoms with Crippen LogP contribution in [0.4, 0.5) is 4.39 Å². The summed E-state index contributed by atoms with van der Waals surface area (Å²) in [7, 11) is 0. The summed E-state index contributed by atoms with van der Waals surface area (Å²) in [5.74, 6) is 0.290. The highest BCUT2D eigenvalue weighted by molar-refractivity contribution is 6.02. The Hall–Kier alpha value is -3.72. The molecule has 3 aliphatic rings. The first kappa shape index (κ1) is 21.8. The summed E-state index contributed by atoms with van der Waals surface area (Å²) < 4.78 is 15.0. The Morgan fingerprint density at radius 2 is 1.91 bits per heavy atom. The lowest BCUT2D eigenvalue weighted by Crippen LogP contribution is -2.46. The van der Waals surface area contributed by atoms with E-state index in [0.29, 0.717) is 29.4 Å². The first-order valence-corrected chi connectivity index (χ1v) is 12.2. The number of nitrogens with zero attached hydrogens (tertiary/aromatic N) is 4. The first-order valence-electron chi connectivity index (χ1n) is 12.2. The zero-order chi connectivity index (χ0) is 24.3. The highest BCUT2D eigenvalue weighted by Crippen LogP contribution is 2.51. The third kappa shape index (κ3) is 3.41. The van der Waals surface area contributed by atoms with E-state index in [1.807, 2.05) is 26.0 Å². The lowest BCUT2D eigenvalue weighted by Gasteiger charge is -2.45. The molecule has 0 N–H and O–H groups in total. The van der Waals surface area contributed by atoms with Crippen molar-refractivity contribution in [2.75, 3.05) is 0 Å². The Morgan fingerprint density at radius 3 is 2.60 bits per heavy atom. The summed E-state index contributed by atoms with van der Waals surface area (Å²) in [6.07, 6.45) is 7.31. The molecule has 6 rings (SSSR count). The molecule has 0 spiro atoms. The first-order chi connectivity index (χ1) is 16.9. The van der Waals surface area contributed by atoms with E-state index in [2.05, 4.69) is 11.1 Å². The fraction of sp³-hybridized carbons (Fsp3) is 0.345. The average molecular weight is 465 g/mol. The van der Waals surface area contributed by atoms with Crippen LogP contribution in [0.5, 0.6) is 0 Å². The number of carbonyl (C=O) groups is 1. The zero-order valence-electron chi connectivity index (χ0n) is 19.8. The lowest BCUT2D eigenvalue weighted by molar-refractivity contribution is -0.121. The maximum atomic E-state index is 15.0. The highest BCUT2D eigenvalue weighted by atomic mass is 19.1. The Morgan fingerprint density at radius 1 is 1.11 bits per heavy atom. The van der Waals surface area contributed by atoms with Gasteiger partial charge in [-0.2, -0.15) is 5.26 Å². The minimum absolute atomic E-state index is 0.00573. The van der Waals surface area contributed by atoms with Gasteiger partial charge in [0.25, 0.3) is 0 Å². The molecule has 1 saturated carbocycles. The van der Waals surface area contributed by atoms with Crippen molar-refractivity contribution in [3.05, 3.63) is 77.0 Å². The van der Waals surface area contributed by atoms with Gasteiger partial charge in [0.15, 0.2) is 11.6 Å². The van der Waals surface area contributed by atoms with Crippen LogP contribution in [-0.4, -0.2) is 20.7 Å². The quantitative estimate of drug-likeness (QED) is 0.496. The van der Waals surface area contributed by atoms with Gasteiger partial charge in [-0.15, -0.1) is 0 Å². The van der Waals surface area contributed by atoms with Crippen molar-refractivity contribution in [2.45, 2.75) is 50.9 Å². The van der Waals surface area contributed by atoms with Crippen LogP contribution < -0.4 is 0 Å². The molecule has 1 fully saturated rings. The second-order valence-corrected chi connectivity index (χ2v) is 10.2. The molecule has 2 aromatic heterocycles. The van der Waals surface area contributed by atoms with Crippen LogP contribution in [0.1, 0.15) is 56.0 Å². The molecule has 1 aromatic carbocycles. The lowest BCUT2D eigenvalue weighted by atomic mass is 9.57. The number of allylic oxidation sites excluding steroid dienone is 2. The molecule has 0 radical (unpaired) electrons. The number of fused-ring (bicyclic) bond motifs is 3. The Labute approximate surface area is 203 Å². The number of pyridine rings is 1. The number of ketones is 1. The van der Waals surface area contributed by atoms with Gasteiger partial charge in [-0.3, -0.25) is 9.78 Å². The number of benzene rings is 1. The molecular formula is C29H25FN4O. The molecule has 2 unspecified atom stereocenters. The van der Waals surface area contributed by atoms with Crippen LogP contribution in [0.3, 0.4) is 0 Å². The number of hydrogen-bond donors (Lipinski definition) is 0. The van der Waals surface area contributed by atoms with Crippen molar-refractivity contribution in [3.8, 4) is 28.7 Å². The van der Waals surface area contributed by atoms with Gasteiger partial charge >= 0.3 is 0 Å². The fourth-order valence-electron chi connectivity index (χ4n) is 5.94. The van der Waals surface area contributed by atoms with E-state index in [1.54, 1.807) is 30.5 Å². The number of aromatic nitrogens is 3. The summed E-state index contributed by atoms with van der Waals surface area (Å²) in [5.41, 5.74) is 4.05. The predicted octanol–water partition coefficient (Wildman–Crippen LogP) is 5.71. The summed E-state index contributed by atoms with van der Waals surface area (Å²) >= 11 is 0. The van der Waals surface area contributed by atoms with E-state index in [9.17, 15) is 10.1 Å². The van der Waals surface area contributed by atoms with E-state index >= 15 is 4.39 Å². The number of Topliss-reactive ketones (excluding diaryl/α,β-unsaturated/α-hetero) is 1. The summed E-state index contributed by atoms with van der Waals surface area (Å²) in [6, 6.07) is 12.8. The minimum atomic E-state index is -0.634. The summed E-state index contributed by atoms with van der Waals surface area (Å²) in [6.45, 7) is 3.95. The third-order valence-corrected chi connectivity index (χ3v) is 8.01. The van der Waals surface area contributed by atoms with Crippen LogP contribution in [0, 0.1) is 29.0 Å². The molecule has 174 valence electrons. The second kappa shape index (κ2) is 7.91. The molecule has 0 amide bonds. The summed E-state index contributed by atoms with van der Waals surface area (Å²) in [4.78, 5) is 27.3. The van der Waals surface area contributed by atoms with Gasteiger partial charge in [0.2, 0.25) is 0 Å². The zero-order valence-corrected chi connectivity index (χ0v) is 19.8. The maximum absolute atomic E-state index is 15.0. The van der Waals surface area contributed by atoms with Gasteiger partial charge < -0.3 is 0 Å². The molecular weight excluding hydrogens is 439 g/mol. The Balaban J connectivity index is 1.60. The fourth-order valence-corrected chi connectivity index (χ4v) is 5.94. The molecule has 0 saturated heterocycles. The molecule has 5 nitrogen and oxygen atoms in total. The van der Waals surface area contributed by atoms with E-state index in [1.165, 1.54) is 18.9 Å².